The molecule has 2 nitrogen and oxygen atoms in total. The minimum Gasteiger partial charge on any atom is -0.466 e. The second-order valence-electron chi connectivity index (χ2n) is 4.52. The molecule has 0 spiro atoms. The fourth-order valence-corrected chi connectivity index (χ4v) is 3.00. The van der Waals surface area contributed by atoms with Gasteiger partial charge >= 0.3 is 0 Å². The summed E-state index contributed by atoms with van der Waals surface area (Å²) in [7, 11) is 0. The van der Waals surface area contributed by atoms with Crippen LogP contribution in [-0.4, -0.2) is 13.1 Å². The van der Waals surface area contributed by atoms with Gasteiger partial charge in [0, 0.05) is 24.4 Å². The van der Waals surface area contributed by atoms with E-state index in [-0.39, 0.29) is 0 Å². The number of hydrogen-bond acceptors (Lipinski definition) is 2. The number of fused-ring (bicyclic) bond motifs is 1. The van der Waals surface area contributed by atoms with Gasteiger partial charge in [0.05, 0.1) is 0 Å². The van der Waals surface area contributed by atoms with E-state index in [0.29, 0.717) is 0 Å². The maximum Gasteiger partial charge on any atom is 0.107 e. The van der Waals surface area contributed by atoms with Crippen LogP contribution in [-0.2, 0) is 12.8 Å². The highest BCUT2D eigenvalue weighted by Crippen LogP contribution is 2.37. The Morgan fingerprint density at radius 3 is 3.07 bits per heavy atom. The van der Waals surface area contributed by atoms with Crippen molar-refractivity contribution in [2.24, 2.45) is 0 Å². The van der Waals surface area contributed by atoms with Gasteiger partial charge in [0.2, 0.25) is 0 Å². The summed E-state index contributed by atoms with van der Waals surface area (Å²) in [5.74, 6) is 3.19. The van der Waals surface area contributed by atoms with Gasteiger partial charge in [0.15, 0.2) is 0 Å². The van der Waals surface area contributed by atoms with Crippen molar-refractivity contribution in [3.8, 4) is 0 Å². The molecule has 1 aromatic rings. The third kappa shape index (κ3) is 1.13. The smallest absolute Gasteiger partial charge is 0.107 e. The highest BCUT2D eigenvalue weighted by molar-refractivity contribution is 5.39. The fraction of sp³-hybridized carbons (Fsp3) is 0.667. The predicted molar refractivity (Wildman–Crippen MR) is 55.7 cm³/mol. The summed E-state index contributed by atoms with van der Waals surface area (Å²) in [6, 6.07) is 0. The summed E-state index contributed by atoms with van der Waals surface area (Å²) in [4.78, 5) is 0. The Bertz CT molecular complexity index is 347. The fourth-order valence-electron chi connectivity index (χ4n) is 3.00. The number of furan rings is 1. The van der Waals surface area contributed by atoms with Crippen LogP contribution in [0.4, 0.5) is 0 Å². The van der Waals surface area contributed by atoms with Crippen LogP contribution in [0.5, 0.6) is 0 Å². The Hall–Kier alpha value is -0.760. The molecule has 0 aromatic carbocycles. The van der Waals surface area contributed by atoms with Gasteiger partial charge in [-0.05, 0) is 38.3 Å². The molecule has 76 valence electrons. The van der Waals surface area contributed by atoms with Gasteiger partial charge < -0.3 is 9.73 Å². The van der Waals surface area contributed by atoms with Crippen molar-refractivity contribution in [2.75, 3.05) is 13.1 Å². The number of nitrogens with one attached hydrogen (secondary N) is 1. The Morgan fingerprint density at radius 2 is 2.29 bits per heavy atom. The van der Waals surface area contributed by atoms with Crippen molar-refractivity contribution in [1.82, 2.24) is 5.32 Å². The molecule has 2 heterocycles. The monoisotopic (exact) mass is 191 g/mol. The lowest BCUT2D eigenvalue weighted by atomic mass is 9.94. The first-order valence-electron chi connectivity index (χ1n) is 5.68. The quantitative estimate of drug-likeness (QED) is 0.735. The lowest BCUT2D eigenvalue weighted by Gasteiger charge is -2.08. The normalized spacial score (nSPS) is 25.6. The molecule has 1 aromatic heterocycles. The van der Waals surface area contributed by atoms with Gasteiger partial charge in [-0.25, -0.2) is 0 Å². The lowest BCUT2D eigenvalue weighted by Crippen LogP contribution is -2.09. The Balaban J connectivity index is 2.02. The second-order valence-corrected chi connectivity index (χ2v) is 4.52. The van der Waals surface area contributed by atoms with Crippen LogP contribution in [0.15, 0.2) is 4.42 Å². The first-order valence-corrected chi connectivity index (χ1v) is 5.68. The zero-order valence-corrected chi connectivity index (χ0v) is 8.73. The summed E-state index contributed by atoms with van der Waals surface area (Å²) >= 11 is 0. The Morgan fingerprint density at radius 1 is 1.36 bits per heavy atom. The third-order valence-corrected chi connectivity index (χ3v) is 3.62. The van der Waals surface area contributed by atoms with Crippen molar-refractivity contribution >= 4 is 0 Å². The maximum atomic E-state index is 5.84. The first-order chi connectivity index (χ1) is 6.86. The molecule has 1 aliphatic heterocycles. The van der Waals surface area contributed by atoms with Gasteiger partial charge in [-0.1, -0.05) is 0 Å². The zero-order chi connectivity index (χ0) is 9.54. The molecule has 0 radical (unpaired) electrons. The molecule has 0 amide bonds. The minimum atomic E-state index is 0.723. The standard InChI is InChI=1S/C12H17NO/c1-8-12(9-5-6-13-7-9)10-3-2-4-11(10)14-8/h9,13H,2-7H2,1H3. The molecule has 14 heavy (non-hydrogen) atoms. The average molecular weight is 191 g/mol. The minimum absolute atomic E-state index is 0.723. The molecule has 1 atom stereocenters. The highest BCUT2D eigenvalue weighted by Gasteiger charge is 2.28. The SMILES string of the molecule is Cc1oc2c(c1C1CCNC1)CCC2. The summed E-state index contributed by atoms with van der Waals surface area (Å²) in [5.41, 5.74) is 3.10. The number of hydrogen-bond donors (Lipinski definition) is 1. The van der Waals surface area contributed by atoms with Gasteiger partial charge in [-0.3, -0.25) is 0 Å². The number of rotatable bonds is 1. The van der Waals surface area contributed by atoms with E-state index in [4.69, 9.17) is 4.42 Å². The van der Waals surface area contributed by atoms with E-state index in [0.717, 1.165) is 18.9 Å². The molecule has 1 fully saturated rings. The second kappa shape index (κ2) is 3.13. The van der Waals surface area contributed by atoms with Crippen LogP contribution < -0.4 is 5.32 Å². The van der Waals surface area contributed by atoms with Gasteiger partial charge in [0.1, 0.15) is 11.5 Å². The summed E-state index contributed by atoms with van der Waals surface area (Å²) < 4.78 is 5.84. The van der Waals surface area contributed by atoms with Gasteiger partial charge in [-0.2, -0.15) is 0 Å². The molecule has 1 N–H and O–H groups in total. The molecule has 0 bridgehead atoms. The molecular formula is C12H17NO. The summed E-state index contributed by atoms with van der Waals surface area (Å²) in [5, 5.41) is 3.44. The van der Waals surface area contributed by atoms with Gasteiger partial charge in [0.25, 0.3) is 0 Å². The molecule has 1 unspecified atom stereocenters. The average Bonchev–Trinajstić information content (AvgIpc) is 2.78. The van der Waals surface area contributed by atoms with E-state index in [2.05, 4.69) is 12.2 Å². The van der Waals surface area contributed by atoms with Crippen LogP contribution in [0.1, 0.15) is 41.4 Å². The van der Waals surface area contributed by atoms with Crippen molar-refractivity contribution in [3.05, 3.63) is 22.6 Å². The van der Waals surface area contributed by atoms with Crippen molar-refractivity contribution in [3.63, 3.8) is 0 Å². The van der Waals surface area contributed by atoms with E-state index in [1.54, 1.807) is 11.1 Å². The molecule has 0 saturated carbocycles. The highest BCUT2D eigenvalue weighted by atomic mass is 16.3. The van der Waals surface area contributed by atoms with Crippen molar-refractivity contribution in [1.29, 1.82) is 0 Å². The van der Waals surface area contributed by atoms with E-state index in [1.165, 1.54) is 37.3 Å². The van der Waals surface area contributed by atoms with Crippen LogP contribution in [0.3, 0.4) is 0 Å². The largest absolute Gasteiger partial charge is 0.466 e. The van der Waals surface area contributed by atoms with Crippen molar-refractivity contribution in [2.45, 2.75) is 38.5 Å². The van der Waals surface area contributed by atoms with Crippen LogP contribution in [0, 0.1) is 6.92 Å². The molecule has 3 rings (SSSR count). The molecule has 2 aliphatic rings. The molecule has 2 heteroatoms. The van der Waals surface area contributed by atoms with Crippen LogP contribution in [0.25, 0.3) is 0 Å². The van der Waals surface area contributed by atoms with E-state index in [9.17, 15) is 0 Å². The summed E-state index contributed by atoms with van der Waals surface area (Å²) in [6.07, 6.45) is 4.99. The van der Waals surface area contributed by atoms with E-state index in [1.807, 2.05) is 0 Å². The zero-order valence-electron chi connectivity index (χ0n) is 8.73. The van der Waals surface area contributed by atoms with E-state index < -0.39 is 0 Å². The molecular weight excluding hydrogens is 174 g/mol. The van der Waals surface area contributed by atoms with Gasteiger partial charge in [-0.15, -0.1) is 0 Å². The maximum absolute atomic E-state index is 5.84. The predicted octanol–water partition coefficient (Wildman–Crippen LogP) is 2.15. The third-order valence-electron chi connectivity index (χ3n) is 3.62. The summed E-state index contributed by atoms with van der Waals surface area (Å²) in [6.45, 7) is 4.45. The lowest BCUT2D eigenvalue weighted by molar-refractivity contribution is 0.482. The first kappa shape index (κ1) is 8.54. The van der Waals surface area contributed by atoms with Crippen LogP contribution >= 0.6 is 0 Å². The Kier molecular flexibility index (Phi) is 1.91. The van der Waals surface area contributed by atoms with Crippen LogP contribution in [0.2, 0.25) is 0 Å². The topological polar surface area (TPSA) is 25.2 Å². The van der Waals surface area contributed by atoms with E-state index >= 15 is 0 Å². The van der Waals surface area contributed by atoms with Crippen molar-refractivity contribution < 1.29 is 4.42 Å². The Labute approximate surface area is 84.7 Å². The molecule has 1 saturated heterocycles. The molecule has 1 aliphatic carbocycles. The number of aryl methyl sites for hydroxylation is 2.